The lowest BCUT2D eigenvalue weighted by Gasteiger charge is -2.04. The van der Waals surface area contributed by atoms with E-state index in [1.807, 2.05) is 0 Å². The highest BCUT2D eigenvalue weighted by atomic mass is 127. The number of esters is 1. The normalized spacial score (nSPS) is 10.8. The van der Waals surface area contributed by atoms with Gasteiger partial charge in [-0.3, -0.25) is 9.79 Å². The molecule has 0 aliphatic rings. The van der Waals surface area contributed by atoms with Crippen LogP contribution in [0.25, 0.3) is 0 Å². The monoisotopic (exact) mass is 401 g/mol. The number of methoxy groups -OCH3 is 2. The molecule has 3 N–H and O–H groups in total. The van der Waals surface area contributed by atoms with Gasteiger partial charge in [0.1, 0.15) is 0 Å². The van der Waals surface area contributed by atoms with Crippen molar-refractivity contribution in [1.82, 2.24) is 5.32 Å². The van der Waals surface area contributed by atoms with Crippen LogP contribution >= 0.6 is 24.0 Å². The second-order valence-electron chi connectivity index (χ2n) is 4.28. The molecule has 0 aromatic rings. The minimum Gasteiger partial charge on any atom is -0.469 e. The lowest BCUT2D eigenvalue weighted by Crippen LogP contribution is -2.34. The Kier molecular flexibility index (Phi) is 17.9. The second kappa shape index (κ2) is 16.5. The molecule has 0 aliphatic heterocycles. The summed E-state index contributed by atoms with van der Waals surface area (Å²) in [5.41, 5.74) is 5.66. The zero-order valence-electron chi connectivity index (χ0n) is 12.5. The fraction of sp³-hybridized carbons (Fsp3) is 0.846. The van der Waals surface area contributed by atoms with Crippen LogP contribution in [0.4, 0.5) is 0 Å². The van der Waals surface area contributed by atoms with Crippen molar-refractivity contribution in [2.45, 2.75) is 38.5 Å². The predicted octanol–water partition coefficient (Wildman–Crippen LogP) is 1.67. The van der Waals surface area contributed by atoms with Gasteiger partial charge < -0.3 is 20.5 Å². The van der Waals surface area contributed by atoms with Crippen LogP contribution in [0, 0.1) is 0 Å². The summed E-state index contributed by atoms with van der Waals surface area (Å²) in [5, 5.41) is 2.97. The molecular weight excluding hydrogens is 373 g/mol. The van der Waals surface area contributed by atoms with Crippen molar-refractivity contribution >= 4 is 35.9 Å². The lowest BCUT2D eigenvalue weighted by atomic mass is 10.1. The van der Waals surface area contributed by atoms with E-state index in [4.69, 9.17) is 10.5 Å². The summed E-state index contributed by atoms with van der Waals surface area (Å²) < 4.78 is 9.47. The van der Waals surface area contributed by atoms with Crippen molar-refractivity contribution in [3.63, 3.8) is 0 Å². The predicted molar refractivity (Wildman–Crippen MR) is 91.5 cm³/mol. The van der Waals surface area contributed by atoms with E-state index in [1.54, 1.807) is 7.11 Å². The number of nitrogens with two attached hydrogens (primary N) is 1. The average molecular weight is 401 g/mol. The highest BCUT2D eigenvalue weighted by Crippen LogP contribution is 2.05. The number of rotatable bonds is 11. The molecule has 120 valence electrons. The highest BCUT2D eigenvalue weighted by Gasteiger charge is 1.98. The first-order valence-electron chi connectivity index (χ1n) is 6.80. The summed E-state index contributed by atoms with van der Waals surface area (Å²) in [7, 11) is 3.07. The maximum absolute atomic E-state index is 10.9. The van der Waals surface area contributed by atoms with Crippen molar-refractivity contribution in [3.05, 3.63) is 0 Å². The topological polar surface area (TPSA) is 85.9 Å². The van der Waals surface area contributed by atoms with E-state index >= 15 is 0 Å². The zero-order valence-corrected chi connectivity index (χ0v) is 14.9. The Hall–Kier alpha value is -0.570. The Bertz CT molecular complexity index is 263. The molecule has 0 rings (SSSR count). The molecule has 0 heterocycles. The van der Waals surface area contributed by atoms with Gasteiger partial charge >= 0.3 is 5.97 Å². The van der Waals surface area contributed by atoms with Gasteiger partial charge in [-0.1, -0.05) is 19.3 Å². The van der Waals surface area contributed by atoms with Gasteiger partial charge in [0, 0.05) is 26.6 Å². The number of hydrogen-bond donors (Lipinski definition) is 2. The first-order chi connectivity index (χ1) is 9.20. The molecule has 0 bridgehead atoms. The van der Waals surface area contributed by atoms with E-state index < -0.39 is 0 Å². The molecule has 20 heavy (non-hydrogen) atoms. The molecule has 0 aliphatic carbocycles. The molecule has 0 aromatic heterocycles. The quantitative estimate of drug-likeness (QED) is 0.181. The fourth-order valence-electron chi connectivity index (χ4n) is 1.55. The molecule has 0 unspecified atom stereocenters. The molecule has 0 atom stereocenters. The average Bonchev–Trinajstić information content (AvgIpc) is 2.41. The summed E-state index contributed by atoms with van der Waals surface area (Å²) in [6.07, 6.45) is 5.71. The standard InChI is InChI=1S/C13H27N3O3.HI/c1-18-11-10-16-13(14)15-9-7-5-3-4-6-8-12(17)19-2;/h3-11H2,1-2H3,(H3,14,15,16);1H. The minimum absolute atomic E-state index is 0. The summed E-state index contributed by atoms with van der Waals surface area (Å²) in [5.74, 6) is 0.349. The lowest BCUT2D eigenvalue weighted by molar-refractivity contribution is -0.140. The van der Waals surface area contributed by atoms with E-state index in [0.717, 1.165) is 38.6 Å². The van der Waals surface area contributed by atoms with Gasteiger partial charge in [-0.25, -0.2) is 0 Å². The third-order valence-corrected chi connectivity index (χ3v) is 2.66. The van der Waals surface area contributed by atoms with Gasteiger partial charge in [0.25, 0.3) is 0 Å². The molecule has 0 radical (unpaired) electrons. The molecule has 0 amide bonds. The summed E-state index contributed by atoms with van der Waals surface area (Å²) in [4.78, 5) is 15.1. The SMILES string of the molecule is COCCNC(N)=NCCCCCCCC(=O)OC.I. The molecular formula is C13H28IN3O3. The summed E-state index contributed by atoms with van der Waals surface area (Å²) in [6, 6.07) is 0. The van der Waals surface area contributed by atoms with E-state index in [9.17, 15) is 4.79 Å². The van der Waals surface area contributed by atoms with Crippen molar-refractivity contribution in [3.8, 4) is 0 Å². The van der Waals surface area contributed by atoms with Crippen LogP contribution in [0.15, 0.2) is 4.99 Å². The Labute approximate surface area is 138 Å². The van der Waals surface area contributed by atoms with Gasteiger partial charge in [-0.05, 0) is 12.8 Å². The molecule has 0 saturated heterocycles. The largest absolute Gasteiger partial charge is 0.469 e. The fourth-order valence-corrected chi connectivity index (χ4v) is 1.55. The Balaban J connectivity index is 0. The Morgan fingerprint density at radius 3 is 2.45 bits per heavy atom. The maximum Gasteiger partial charge on any atom is 0.305 e. The highest BCUT2D eigenvalue weighted by molar-refractivity contribution is 14.0. The van der Waals surface area contributed by atoms with Gasteiger partial charge in [-0.2, -0.15) is 0 Å². The van der Waals surface area contributed by atoms with Gasteiger partial charge in [0.15, 0.2) is 5.96 Å². The van der Waals surface area contributed by atoms with Crippen LogP contribution in [0.3, 0.4) is 0 Å². The number of hydrogen-bond acceptors (Lipinski definition) is 4. The molecule has 0 saturated carbocycles. The van der Waals surface area contributed by atoms with Crippen molar-refractivity contribution in [2.75, 3.05) is 33.9 Å². The number of carbonyl (C=O) groups excluding carboxylic acids is 1. The van der Waals surface area contributed by atoms with E-state index in [0.29, 0.717) is 25.5 Å². The van der Waals surface area contributed by atoms with Gasteiger partial charge in [-0.15, -0.1) is 24.0 Å². The number of unbranched alkanes of at least 4 members (excludes halogenated alkanes) is 4. The van der Waals surface area contributed by atoms with Crippen LogP contribution < -0.4 is 11.1 Å². The molecule has 0 spiro atoms. The number of carbonyl (C=O) groups is 1. The first kappa shape index (κ1) is 21.7. The zero-order chi connectivity index (χ0) is 14.3. The van der Waals surface area contributed by atoms with Crippen LogP contribution in [-0.4, -0.2) is 45.8 Å². The Morgan fingerprint density at radius 1 is 1.15 bits per heavy atom. The van der Waals surface area contributed by atoms with Crippen molar-refractivity contribution in [2.24, 2.45) is 10.7 Å². The van der Waals surface area contributed by atoms with Gasteiger partial charge in [0.2, 0.25) is 0 Å². The summed E-state index contributed by atoms with van der Waals surface area (Å²) >= 11 is 0. The number of nitrogens with one attached hydrogen (secondary N) is 1. The molecule has 0 aromatic carbocycles. The molecule has 6 nitrogen and oxygen atoms in total. The van der Waals surface area contributed by atoms with Crippen molar-refractivity contribution in [1.29, 1.82) is 0 Å². The van der Waals surface area contributed by atoms with E-state index in [1.165, 1.54) is 7.11 Å². The van der Waals surface area contributed by atoms with Crippen LogP contribution in [0.2, 0.25) is 0 Å². The third kappa shape index (κ3) is 15.5. The van der Waals surface area contributed by atoms with Crippen LogP contribution in [-0.2, 0) is 14.3 Å². The number of aliphatic imine (C=N–C) groups is 1. The van der Waals surface area contributed by atoms with E-state index in [2.05, 4.69) is 15.0 Å². The van der Waals surface area contributed by atoms with Crippen LogP contribution in [0.5, 0.6) is 0 Å². The summed E-state index contributed by atoms with van der Waals surface area (Å²) in [6.45, 7) is 2.04. The van der Waals surface area contributed by atoms with E-state index in [-0.39, 0.29) is 29.9 Å². The second-order valence-corrected chi connectivity index (χ2v) is 4.28. The smallest absolute Gasteiger partial charge is 0.305 e. The van der Waals surface area contributed by atoms with Gasteiger partial charge in [0.05, 0.1) is 13.7 Å². The number of nitrogens with zero attached hydrogens (tertiary/aromatic N) is 1. The molecule has 0 fully saturated rings. The number of ether oxygens (including phenoxy) is 2. The first-order valence-corrected chi connectivity index (χ1v) is 6.80. The maximum atomic E-state index is 10.9. The molecule has 7 heteroatoms. The Morgan fingerprint density at radius 2 is 1.80 bits per heavy atom. The van der Waals surface area contributed by atoms with Crippen LogP contribution in [0.1, 0.15) is 38.5 Å². The van der Waals surface area contributed by atoms with Crippen molar-refractivity contribution < 1.29 is 14.3 Å². The minimum atomic E-state index is -0.125. The number of halogens is 1. The third-order valence-electron chi connectivity index (χ3n) is 2.66. The number of guanidine groups is 1.